The lowest BCUT2D eigenvalue weighted by atomic mass is 10.1. The molecule has 0 aliphatic heterocycles. The molecule has 0 saturated heterocycles. The van der Waals surface area contributed by atoms with Crippen LogP contribution in [-0.2, 0) is 9.47 Å². The number of hydrogen-bond donors (Lipinski definition) is 3. The number of methoxy groups -OCH3 is 1. The number of hydrogen-bond acceptors (Lipinski definition) is 5. The standard InChI is InChI=1S/C13H24N2O3/c1-4-18-9-8-15-10-11(2)12(14)6-5-7-13(16)17-3/h5,7,10,13-16H,4,6,8-9H2,1-3H3/b7-5+,11-10+,14-12?. The van der Waals surface area contributed by atoms with Crippen LogP contribution >= 0.6 is 0 Å². The zero-order chi connectivity index (χ0) is 13.8. The zero-order valence-corrected chi connectivity index (χ0v) is 11.4. The lowest BCUT2D eigenvalue weighted by Gasteiger charge is -2.05. The summed E-state index contributed by atoms with van der Waals surface area (Å²) < 4.78 is 9.83. The van der Waals surface area contributed by atoms with Gasteiger partial charge in [0.2, 0.25) is 0 Å². The molecule has 0 amide bonds. The average Bonchev–Trinajstić information content (AvgIpc) is 2.37. The fourth-order valence-electron chi connectivity index (χ4n) is 1.13. The molecule has 1 atom stereocenters. The third-order valence-electron chi connectivity index (χ3n) is 2.25. The summed E-state index contributed by atoms with van der Waals surface area (Å²) in [6.45, 7) is 5.94. The van der Waals surface area contributed by atoms with Gasteiger partial charge < -0.3 is 25.3 Å². The van der Waals surface area contributed by atoms with Crippen LogP contribution in [0.5, 0.6) is 0 Å². The lowest BCUT2D eigenvalue weighted by Crippen LogP contribution is -2.15. The second-order valence-electron chi connectivity index (χ2n) is 3.72. The molecule has 0 saturated carbocycles. The maximum atomic E-state index is 9.11. The summed E-state index contributed by atoms with van der Waals surface area (Å²) in [5, 5.41) is 20.0. The van der Waals surface area contributed by atoms with Gasteiger partial charge in [-0.05, 0) is 25.5 Å². The Balaban J connectivity index is 3.87. The van der Waals surface area contributed by atoms with Gasteiger partial charge in [-0.3, -0.25) is 0 Å². The van der Waals surface area contributed by atoms with Crippen molar-refractivity contribution in [2.24, 2.45) is 0 Å². The van der Waals surface area contributed by atoms with Gasteiger partial charge in [-0.1, -0.05) is 6.08 Å². The predicted molar refractivity (Wildman–Crippen MR) is 72.8 cm³/mol. The number of ether oxygens (including phenoxy) is 2. The molecule has 0 aliphatic carbocycles. The topological polar surface area (TPSA) is 74.6 Å². The first-order chi connectivity index (χ1) is 8.61. The van der Waals surface area contributed by atoms with Crippen LogP contribution in [0.2, 0.25) is 0 Å². The zero-order valence-electron chi connectivity index (χ0n) is 11.4. The largest absolute Gasteiger partial charge is 0.388 e. The summed E-state index contributed by atoms with van der Waals surface area (Å²) in [5.41, 5.74) is 1.36. The molecule has 0 rings (SSSR count). The molecule has 0 aromatic carbocycles. The molecule has 0 fully saturated rings. The van der Waals surface area contributed by atoms with Gasteiger partial charge in [0.1, 0.15) is 0 Å². The van der Waals surface area contributed by atoms with E-state index in [9.17, 15) is 0 Å². The Morgan fingerprint density at radius 1 is 1.50 bits per heavy atom. The monoisotopic (exact) mass is 256 g/mol. The highest BCUT2D eigenvalue weighted by Gasteiger charge is 1.98. The Bertz CT molecular complexity index is 288. The van der Waals surface area contributed by atoms with E-state index in [0.717, 1.165) is 12.1 Å². The minimum atomic E-state index is -0.897. The normalized spacial score (nSPS) is 13.9. The van der Waals surface area contributed by atoms with E-state index in [2.05, 4.69) is 10.1 Å². The molecule has 0 bridgehead atoms. The molecule has 0 heterocycles. The molecular weight excluding hydrogens is 232 g/mol. The Hall–Kier alpha value is -1.17. The third-order valence-corrected chi connectivity index (χ3v) is 2.25. The fourth-order valence-corrected chi connectivity index (χ4v) is 1.13. The molecule has 0 radical (unpaired) electrons. The number of aliphatic hydroxyl groups excluding tert-OH is 1. The van der Waals surface area contributed by atoms with Crippen molar-refractivity contribution < 1.29 is 14.6 Å². The predicted octanol–water partition coefficient (Wildman–Crippen LogP) is 1.45. The number of nitrogens with one attached hydrogen (secondary N) is 2. The number of aliphatic hydroxyl groups is 1. The van der Waals surface area contributed by atoms with Crippen molar-refractivity contribution in [2.45, 2.75) is 26.6 Å². The molecule has 18 heavy (non-hydrogen) atoms. The van der Waals surface area contributed by atoms with E-state index in [-0.39, 0.29) is 0 Å². The van der Waals surface area contributed by atoms with E-state index in [1.54, 1.807) is 6.08 Å². The highest BCUT2D eigenvalue weighted by atomic mass is 16.6. The third kappa shape index (κ3) is 8.92. The Labute approximate surface area is 109 Å². The van der Waals surface area contributed by atoms with Crippen LogP contribution in [0.3, 0.4) is 0 Å². The summed E-state index contributed by atoms with van der Waals surface area (Å²) in [4.78, 5) is 0. The van der Waals surface area contributed by atoms with Gasteiger partial charge in [0, 0.05) is 38.6 Å². The van der Waals surface area contributed by atoms with Crippen LogP contribution in [0.4, 0.5) is 0 Å². The van der Waals surface area contributed by atoms with Crippen molar-refractivity contribution in [3.8, 4) is 0 Å². The summed E-state index contributed by atoms with van der Waals surface area (Å²) in [6, 6.07) is 0. The first-order valence-corrected chi connectivity index (χ1v) is 6.05. The number of allylic oxidation sites excluding steroid dienone is 2. The van der Waals surface area contributed by atoms with E-state index >= 15 is 0 Å². The van der Waals surface area contributed by atoms with Gasteiger partial charge in [-0.2, -0.15) is 0 Å². The van der Waals surface area contributed by atoms with Gasteiger partial charge in [-0.15, -0.1) is 0 Å². The highest BCUT2D eigenvalue weighted by Crippen LogP contribution is 2.00. The fraction of sp³-hybridized carbons (Fsp3) is 0.615. The average molecular weight is 256 g/mol. The molecule has 0 spiro atoms. The first-order valence-electron chi connectivity index (χ1n) is 6.05. The van der Waals surface area contributed by atoms with E-state index in [1.807, 2.05) is 20.0 Å². The van der Waals surface area contributed by atoms with Crippen molar-refractivity contribution in [1.29, 1.82) is 5.41 Å². The van der Waals surface area contributed by atoms with Gasteiger partial charge in [-0.25, -0.2) is 0 Å². The Kier molecular flexibility index (Phi) is 10.2. The summed E-state index contributed by atoms with van der Waals surface area (Å²) in [5.74, 6) is 0. The van der Waals surface area contributed by atoms with Gasteiger partial charge >= 0.3 is 0 Å². The van der Waals surface area contributed by atoms with Crippen LogP contribution in [0.15, 0.2) is 23.9 Å². The van der Waals surface area contributed by atoms with Crippen molar-refractivity contribution in [2.75, 3.05) is 26.9 Å². The van der Waals surface area contributed by atoms with Crippen LogP contribution in [0, 0.1) is 5.41 Å². The van der Waals surface area contributed by atoms with E-state index in [0.29, 0.717) is 25.3 Å². The summed E-state index contributed by atoms with van der Waals surface area (Å²) in [6.07, 6.45) is 4.61. The summed E-state index contributed by atoms with van der Waals surface area (Å²) in [7, 11) is 1.42. The van der Waals surface area contributed by atoms with Crippen molar-refractivity contribution in [3.05, 3.63) is 23.9 Å². The van der Waals surface area contributed by atoms with Gasteiger partial charge in [0.05, 0.1) is 6.61 Å². The van der Waals surface area contributed by atoms with E-state index in [4.69, 9.17) is 15.3 Å². The highest BCUT2D eigenvalue weighted by molar-refractivity contribution is 5.97. The second-order valence-corrected chi connectivity index (χ2v) is 3.72. The van der Waals surface area contributed by atoms with Crippen LogP contribution in [-0.4, -0.2) is 44.0 Å². The van der Waals surface area contributed by atoms with Crippen LogP contribution in [0.25, 0.3) is 0 Å². The van der Waals surface area contributed by atoms with Gasteiger partial charge in [0.15, 0.2) is 6.29 Å². The Morgan fingerprint density at radius 3 is 2.83 bits per heavy atom. The molecule has 3 N–H and O–H groups in total. The molecule has 0 aromatic rings. The molecule has 0 aliphatic rings. The molecule has 5 nitrogen and oxygen atoms in total. The molecular formula is C13H24N2O3. The SMILES string of the molecule is CCOCCN/C=C(\C)C(=N)C/C=C/C(O)OC. The number of rotatable bonds is 10. The molecule has 5 heteroatoms. The molecule has 0 aromatic heterocycles. The lowest BCUT2D eigenvalue weighted by molar-refractivity contribution is -0.0357. The van der Waals surface area contributed by atoms with Crippen molar-refractivity contribution in [1.82, 2.24) is 5.32 Å². The minimum absolute atomic E-state index is 0.468. The van der Waals surface area contributed by atoms with Crippen LogP contribution < -0.4 is 5.32 Å². The van der Waals surface area contributed by atoms with E-state index in [1.165, 1.54) is 13.2 Å². The first kappa shape index (κ1) is 16.8. The molecule has 1 unspecified atom stereocenters. The summed E-state index contributed by atoms with van der Waals surface area (Å²) >= 11 is 0. The van der Waals surface area contributed by atoms with Crippen LogP contribution in [0.1, 0.15) is 20.3 Å². The second kappa shape index (κ2) is 11.0. The Morgan fingerprint density at radius 2 is 2.22 bits per heavy atom. The van der Waals surface area contributed by atoms with Crippen molar-refractivity contribution in [3.63, 3.8) is 0 Å². The molecule has 104 valence electrons. The maximum absolute atomic E-state index is 9.11. The maximum Gasteiger partial charge on any atom is 0.173 e. The smallest absolute Gasteiger partial charge is 0.173 e. The van der Waals surface area contributed by atoms with Crippen molar-refractivity contribution >= 4 is 5.71 Å². The quantitative estimate of drug-likeness (QED) is 0.239. The van der Waals surface area contributed by atoms with Gasteiger partial charge in [0.25, 0.3) is 0 Å². The van der Waals surface area contributed by atoms with E-state index < -0.39 is 6.29 Å². The minimum Gasteiger partial charge on any atom is -0.388 e.